The number of hydrogen-bond donors (Lipinski definition) is 2. The average Bonchev–Trinajstić information content (AvgIpc) is 2.60. The first kappa shape index (κ1) is 20.3. The van der Waals surface area contributed by atoms with Crippen LogP contribution in [0.1, 0.15) is 29.8 Å². The van der Waals surface area contributed by atoms with Crippen molar-refractivity contribution in [2.45, 2.75) is 20.0 Å². The second-order valence-electron chi connectivity index (χ2n) is 6.53. The number of hydrogen-bond acceptors (Lipinski definition) is 3. The molecule has 0 bridgehead atoms. The van der Waals surface area contributed by atoms with Gasteiger partial charge in [-0.3, -0.25) is 9.59 Å². The molecule has 0 saturated carbocycles. The fourth-order valence-corrected chi connectivity index (χ4v) is 2.00. The molecule has 1 amide bonds. The number of carboxylic acid groups (broad SMARTS) is 1. The van der Waals surface area contributed by atoms with Crippen LogP contribution >= 0.6 is 0 Å². The molecule has 144 valence electrons. The molecule has 0 aliphatic heterocycles. The van der Waals surface area contributed by atoms with Gasteiger partial charge in [0.05, 0.1) is 11.0 Å². The fraction of sp³-hybridized carbons (Fsp3) is 0.263. The number of anilines is 1. The zero-order valence-corrected chi connectivity index (χ0v) is 14.6. The number of alkyl halides is 3. The molecule has 0 aliphatic rings. The SMILES string of the molecule is CC(C)(COc1ccc(C(=O)Nc2cccc(C(F)(F)F)c2)cc1)C(=O)O. The van der Waals surface area contributed by atoms with Crippen molar-refractivity contribution in [3.63, 3.8) is 0 Å². The first-order valence-electron chi connectivity index (χ1n) is 7.94. The van der Waals surface area contributed by atoms with Crippen molar-refractivity contribution in [1.29, 1.82) is 0 Å². The summed E-state index contributed by atoms with van der Waals surface area (Å²) in [4.78, 5) is 23.2. The number of nitrogens with one attached hydrogen (secondary N) is 1. The van der Waals surface area contributed by atoms with Gasteiger partial charge in [0.15, 0.2) is 0 Å². The summed E-state index contributed by atoms with van der Waals surface area (Å²) in [5, 5.41) is 11.4. The molecule has 0 heterocycles. The lowest BCUT2D eigenvalue weighted by atomic mass is 9.95. The number of halogens is 3. The third-order valence-electron chi connectivity index (χ3n) is 3.74. The van der Waals surface area contributed by atoms with Crippen LogP contribution in [0.2, 0.25) is 0 Å². The lowest BCUT2D eigenvalue weighted by molar-refractivity contribution is -0.148. The minimum atomic E-state index is -4.50. The van der Waals surface area contributed by atoms with E-state index in [0.717, 1.165) is 12.1 Å². The highest BCUT2D eigenvalue weighted by atomic mass is 19.4. The summed E-state index contributed by atoms with van der Waals surface area (Å²) in [6, 6.07) is 10.2. The summed E-state index contributed by atoms with van der Waals surface area (Å²) < 4.78 is 43.5. The molecule has 5 nitrogen and oxygen atoms in total. The quantitative estimate of drug-likeness (QED) is 0.775. The van der Waals surface area contributed by atoms with Gasteiger partial charge in [0.2, 0.25) is 0 Å². The normalized spacial score (nSPS) is 11.7. The Morgan fingerprint density at radius 2 is 1.70 bits per heavy atom. The number of rotatable bonds is 6. The Morgan fingerprint density at radius 3 is 2.26 bits per heavy atom. The van der Waals surface area contributed by atoms with E-state index in [1.54, 1.807) is 0 Å². The summed E-state index contributed by atoms with van der Waals surface area (Å²) in [7, 11) is 0. The van der Waals surface area contributed by atoms with Crippen molar-refractivity contribution in [1.82, 2.24) is 0 Å². The largest absolute Gasteiger partial charge is 0.492 e. The van der Waals surface area contributed by atoms with E-state index in [4.69, 9.17) is 9.84 Å². The number of amides is 1. The number of ether oxygens (including phenoxy) is 1. The van der Waals surface area contributed by atoms with Crippen LogP contribution < -0.4 is 10.1 Å². The standard InChI is InChI=1S/C19H18F3NO4/c1-18(2,17(25)26)11-27-15-8-6-12(7-9-15)16(24)23-14-5-3-4-13(10-14)19(20,21)22/h3-10H,11H2,1-2H3,(H,23,24)(H,25,26). The van der Waals surface area contributed by atoms with E-state index in [1.165, 1.54) is 50.2 Å². The molecule has 2 rings (SSSR count). The molecule has 0 atom stereocenters. The van der Waals surface area contributed by atoms with Crippen LogP contribution in [-0.4, -0.2) is 23.6 Å². The monoisotopic (exact) mass is 381 g/mol. The van der Waals surface area contributed by atoms with Gasteiger partial charge in [0, 0.05) is 11.3 Å². The summed E-state index contributed by atoms with van der Waals surface area (Å²) in [6.07, 6.45) is -4.50. The number of carbonyl (C=O) groups is 2. The smallest absolute Gasteiger partial charge is 0.416 e. The molecule has 0 radical (unpaired) electrons. The number of carbonyl (C=O) groups excluding carboxylic acids is 1. The molecule has 8 heteroatoms. The Hall–Kier alpha value is -3.03. The van der Waals surface area contributed by atoms with Gasteiger partial charge < -0.3 is 15.2 Å². The van der Waals surface area contributed by atoms with Crippen LogP contribution in [0.3, 0.4) is 0 Å². The maximum atomic E-state index is 12.7. The van der Waals surface area contributed by atoms with E-state index in [0.29, 0.717) is 5.75 Å². The Bertz CT molecular complexity index is 830. The Labute approximate surface area is 153 Å². The number of carboxylic acids is 1. The first-order valence-corrected chi connectivity index (χ1v) is 7.94. The third-order valence-corrected chi connectivity index (χ3v) is 3.74. The highest BCUT2D eigenvalue weighted by Crippen LogP contribution is 2.30. The minimum Gasteiger partial charge on any atom is -0.492 e. The van der Waals surface area contributed by atoms with Gasteiger partial charge in [-0.25, -0.2) is 0 Å². The van der Waals surface area contributed by atoms with Crippen LogP contribution in [0.5, 0.6) is 5.75 Å². The van der Waals surface area contributed by atoms with Gasteiger partial charge in [-0.2, -0.15) is 13.2 Å². The summed E-state index contributed by atoms with van der Waals surface area (Å²) in [5.74, 6) is -1.20. The third kappa shape index (κ3) is 5.47. The molecular formula is C19H18F3NO4. The zero-order valence-electron chi connectivity index (χ0n) is 14.6. The number of benzene rings is 2. The summed E-state index contributed by atoms with van der Waals surface area (Å²) in [6.45, 7) is 2.98. The van der Waals surface area contributed by atoms with E-state index in [-0.39, 0.29) is 17.9 Å². The highest BCUT2D eigenvalue weighted by molar-refractivity contribution is 6.04. The minimum absolute atomic E-state index is 0.0263. The molecule has 2 aromatic carbocycles. The first-order chi connectivity index (χ1) is 12.5. The molecular weight excluding hydrogens is 363 g/mol. The summed E-state index contributed by atoms with van der Waals surface area (Å²) >= 11 is 0. The van der Waals surface area contributed by atoms with E-state index < -0.39 is 29.0 Å². The van der Waals surface area contributed by atoms with Crippen LogP contribution in [-0.2, 0) is 11.0 Å². The Balaban J connectivity index is 2.03. The van der Waals surface area contributed by atoms with E-state index in [1.807, 2.05) is 0 Å². The topological polar surface area (TPSA) is 75.6 Å². The maximum absolute atomic E-state index is 12.7. The summed E-state index contributed by atoms with van der Waals surface area (Å²) in [5.41, 5.74) is -1.68. The molecule has 2 aromatic rings. The van der Waals surface area contributed by atoms with Gasteiger partial charge in [-0.05, 0) is 56.3 Å². The molecule has 27 heavy (non-hydrogen) atoms. The van der Waals surface area contributed by atoms with Crippen LogP contribution in [0, 0.1) is 5.41 Å². The van der Waals surface area contributed by atoms with E-state index in [9.17, 15) is 22.8 Å². The second kappa shape index (κ2) is 7.69. The molecule has 2 N–H and O–H groups in total. The van der Waals surface area contributed by atoms with Gasteiger partial charge in [0.25, 0.3) is 5.91 Å². The lowest BCUT2D eigenvalue weighted by Gasteiger charge is -2.19. The molecule has 0 spiro atoms. The van der Waals surface area contributed by atoms with Crippen LogP contribution in [0.25, 0.3) is 0 Å². The predicted octanol–water partition coefficient (Wildman–Crippen LogP) is 4.45. The van der Waals surface area contributed by atoms with Crippen molar-refractivity contribution in [3.05, 3.63) is 59.7 Å². The highest BCUT2D eigenvalue weighted by Gasteiger charge is 2.30. The lowest BCUT2D eigenvalue weighted by Crippen LogP contribution is -2.30. The van der Waals surface area contributed by atoms with Gasteiger partial charge in [0.1, 0.15) is 12.4 Å². The van der Waals surface area contributed by atoms with Crippen molar-refractivity contribution in [2.24, 2.45) is 5.41 Å². The predicted molar refractivity (Wildman–Crippen MR) is 92.8 cm³/mol. The van der Waals surface area contributed by atoms with E-state index in [2.05, 4.69) is 5.32 Å². The van der Waals surface area contributed by atoms with Crippen molar-refractivity contribution < 1.29 is 32.6 Å². The van der Waals surface area contributed by atoms with Gasteiger partial charge >= 0.3 is 12.1 Å². The molecule has 0 unspecified atom stereocenters. The molecule has 0 aliphatic carbocycles. The van der Waals surface area contributed by atoms with Gasteiger partial charge in [-0.15, -0.1) is 0 Å². The van der Waals surface area contributed by atoms with Crippen molar-refractivity contribution in [3.8, 4) is 5.75 Å². The molecule has 0 aromatic heterocycles. The van der Waals surface area contributed by atoms with Crippen molar-refractivity contribution in [2.75, 3.05) is 11.9 Å². The van der Waals surface area contributed by atoms with Crippen LogP contribution in [0.15, 0.2) is 48.5 Å². The van der Waals surface area contributed by atoms with E-state index >= 15 is 0 Å². The molecule has 0 saturated heterocycles. The molecule has 0 fully saturated rings. The Kier molecular flexibility index (Phi) is 5.78. The second-order valence-corrected chi connectivity index (χ2v) is 6.53. The Morgan fingerprint density at radius 1 is 1.07 bits per heavy atom. The number of aliphatic carboxylic acids is 1. The fourth-order valence-electron chi connectivity index (χ4n) is 2.00. The van der Waals surface area contributed by atoms with Gasteiger partial charge in [-0.1, -0.05) is 6.07 Å². The average molecular weight is 381 g/mol. The zero-order chi connectivity index (χ0) is 20.2. The van der Waals surface area contributed by atoms with Crippen LogP contribution in [0.4, 0.5) is 18.9 Å². The maximum Gasteiger partial charge on any atom is 0.416 e. The van der Waals surface area contributed by atoms with Crippen molar-refractivity contribution >= 4 is 17.6 Å².